The highest BCUT2D eigenvalue weighted by atomic mass is 32.1. The van der Waals surface area contributed by atoms with Crippen molar-refractivity contribution in [3.05, 3.63) is 22.4 Å². The van der Waals surface area contributed by atoms with Crippen molar-refractivity contribution in [2.75, 3.05) is 13.1 Å². The molecule has 1 aromatic rings. The van der Waals surface area contributed by atoms with Crippen LogP contribution in [0.4, 0.5) is 0 Å². The van der Waals surface area contributed by atoms with Gasteiger partial charge in [-0.3, -0.25) is 0 Å². The Hall–Kier alpha value is -0.340. The van der Waals surface area contributed by atoms with E-state index in [2.05, 4.69) is 49.8 Å². The predicted octanol–water partition coefficient (Wildman–Crippen LogP) is 4.34. The van der Waals surface area contributed by atoms with Gasteiger partial charge in [0.25, 0.3) is 0 Å². The summed E-state index contributed by atoms with van der Waals surface area (Å²) >= 11 is 1.81. The molecule has 0 aliphatic heterocycles. The van der Waals surface area contributed by atoms with Crippen LogP contribution in [0, 0.1) is 11.3 Å². The maximum Gasteiger partial charge on any atom is 0.00109 e. The standard InChI is InChI=1S/C15H27NS/c1-5-15(6-2,12-16-10-13(3)4)9-14-7-8-17-11-14/h7-8,11,13,16H,5-6,9-10,12H2,1-4H3. The average molecular weight is 253 g/mol. The van der Waals surface area contributed by atoms with Gasteiger partial charge in [0, 0.05) is 6.54 Å². The highest BCUT2D eigenvalue weighted by Crippen LogP contribution is 2.31. The van der Waals surface area contributed by atoms with Crippen LogP contribution in [-0.2, 0) is 6.42 Å². The number of nitrogens with one attached hydrogen (secondary N) is 1. The Kier molecular flexibility index (Phi) is 6.21. The SMILES string of the molecule is CCC(CC)(CNCC(C)C)Cc1ccsc1. The predicted molar refractivity (Wildman–Crippen MR) is 78.7 cm³/mol. The van der Waals surface area contributed by atoms with Crippen molar-refractivity contribution in [3.63, 3.8) is 0 Å². The van der Waals surface area contributed by atoms with Crippen molar-refractivity contribution in [3.8, 4) is 0 Å². The molecule has 1 nitrogen and oxygen atoms in total. The minimum atomic E-state index is 0.440. The Morgan fingerprint density at radius 2 is 2.00 bits per heavy atom. The van der Waals surface area contributed by atoms with Crippen LogP contribution in [-0.4, -0.2) is 13.1 Å². The molecule has 0 saturated heterocycles. The minimum Gasteiger partial charge on any atom is -0.316 e. The van der Waals surface area contributed by atoms with Crippen molar-refractivity contribution in [2.45, 2.75) is 47.0 Å². The van der Waals surface area contributed by atoms with E-state index in [0.29, 0.717) is 5.41 Å². The fourth-order valence-electron chi connectivity index (χ4n) is 2.26. The molecule has 0 amide bonds. The summed E-state index contributed by atoms with van der Waals surface area (Å²) in [5, 5.41) is 8.13. The molecule has 0 fully saturated rings. The Morgan fingerprint density at radius 3 is 2.47 bits per heavy atom. The molecule has 1 heterocycles. The van der Waals surface area contributed by atoms with Gasteiger partial charge in [-0.05, 0) is 59.5 Å². The topological polar surface area (TPSA) is 12.0 Å². The smallest absolute Gasteiger partial charge is 0.00109 e. The van der Waals surface area contributed by atoms with Crippen LogP contribution < -0.4 is 5.32 Å². The van der Waals surface area contributed by atoms with Gasteiger partial charge >= 0.3 is 0 Å². The van der Waals surface area contributed by atoms with Crippen molar-refractivity contribution in [2.24, 2.45) is 11.3 Å². The third kappa shape index (κ3) is 4.81. The fourth-order valence-corrected chi connectivity index (χ4v) is 2.93. The van der Waals surface area contributed by atoms with E-state index in [4.69, 9.17) is 0 Å². The molecule has 0 saturated carbocycles. The molecule has 17 heavy (non-hydrogen) atoms. The lowest BCUT2D eigenvalue weighted by atomic mass is 9.77. The van der Waals surface area contributed by atoms with Crippen molar-refractivity contribution in [1.82, 2.24) is 5.32 Å². The van der Waals surface area contributed by atoms with Crippen LogP contribution in [0.3, 0.4) is 0 Å². The summed E-state index contributed by atoms with van der Waals surface area (Å²) in [6.07, 6.45) is 3.73. The molecule has 2 heteroatoms. The molecule has 0 aromatic carbocycles. The van der Waals surface area contributed by atoms with Crippen LogP contribution in [0.1, 0.15) is 46.1 Å². The first-order valence-electron chi connectivity index (χ1n) is 6.83. The summed E-state index contributed by atoms with van der Waals surface area (Å²) in [4.78, 5) is 0. The molecular weight excluding hydrogens is 226 g/mol. The van der Waals surface area contributed by atoms with E-state index in [1.165, 1.54) is 24.8 Å². The van der Waals surface area contributed by atoms with Gasteiger partial charge < -0.3 is 5.32 Å². The zero-order valence-electron chi connectivity index (χ0n) is 11.8. The second kappa shape index (κ2) is 7.17. The van der Waals surface area contributed by atoms with E-state index in [9.17, 15) is 0 Å². The molecule has 0 unspecified atom stereocenters. The summed E-state index contributed by atoms with van der Waals surface area (Å²) < 4.78 is 0. The van der Waals surface area contributed by atoms with Gasteiger partial charge in [0.05, 0.1) is 0 Å². The van der Waals surface area contributed by atoms with E-state index >= 15 is 0 Å². The van der Waals surface area contributed by atoms with E-state index in [1.54, 1.807) is 0 Å². The Bertz CT molecular complexity index is 286. The molecule has 98 valence electrons. The lowest BCUT2D eigenvalue weighted by Gasteiger charge is -2.32. The molecule has 0 bridgehead atoms. The van der Waals surface area contributed by atoms with Gasteiger partial charge in [-0.2, -0.15) is 11.3 Å². The van der Waals surface area contributed by atoms with Gasteiger partial charge in [0.2, 0.25) is 0 Å². The Labute approximate surface area is 111 Å². The zero-order valence-corrected chi connectivity index (χ0v) is 12.6. The minimum absolute atomic E-state index is 0.440. The molecular formula is C15H27NS. The zero-order chi connectivity index (χ0) is 12.7. The molecule has 1 N–H and O–H groups in total. The lowest BCUT2D eigenvalue weighted by molar-refractivity contribution is 0.243. The summed E-state index contributed by atoms with van der Waals surface area (Å²) in [5.74, 6) is 0.738. The first-order valence-corrected chi connectivity index (χ1v) is 7.78. The van der Waals surface area contributed by atoms with Crippen LogP contribution >= 0.6 is 11.3 Å². The molecule has 1 rings (SSSR count). The summed E-state index contributed by atoms with van der Waals surface area (Å²) in [7, 11) is 0. The quantitative estimate of drug-likeness (QED) is 0.726. The van der Waals surface area contributed by atoms with Gasteiger partial charge in [0.15, 0.2) is 0 Å². The van der Waals surface area contributed by atoms with Crippen molar-refractivity contribution < 1.29 is 0 Å². The second-order valence-electron chi connectivity index (χ2n) is 5.54. The molecule has 0 spiro atoms. The van der Waals surface area contributed by atoms with Crippen LogP contribution in [0.5, 0.6) is 0 Å². The molecule has 0 radical (unpaired) electrons. The van der Waals surface area contributed by atoms with Crippen LogP contribution in [0.2, 0.25) is 0 Å². The van der Waals surface area contributed by atoms with Gasteiger partial charge in [0.1, 0.15) is 0 Å². The van der Waals surface area contributed by atoms with E-state index in [-0.39, 0.29) is 0 Å². The Morgan fingerprint density at radius 1 is 1.29 bits per heavy atom. The summed E-state index contributed by atoms with van der Waals surface area (Å²) in [5.41, 5.74) is 1.95. The highest BCUT2D eigenvalue weighted by Gasteiger charge is 2.26. The van der Waals surface area contributed by atoms with Crippen LogP contribution in [0.25, 0.3) is 0 Å². The molecule has 0 atom stereocenters. The average Bonchev–Trinajstić information content (AvgIpc) is 2.80. The number of hydrogen-bond donors (Lipinski definition) is 1. The van der Waals surface area contributed by atoms with Crippen molar-refractivity contribution >= 4 is 11.3 Å². The lowest BCUT2D eigenvalue weighted by Crippen LogP contribution is -2.36. The van der Waals surface area contributed by atoms with E-state index in [1.807, 2.05) is 11.3 Å². The highest BCUT2D eigenvalue weighted by molar-refractivity contribution is 7.07. The molecule has 0 aliphatic rings. The largest absolute Gasteiger partial charge is 0.316 e. The van der Waals surface area contributed by atoms with Gasteiger partial charge in [-0.25, -0.2) is 0 Å². The summed E-state index contributed by atoms with van der Waals surface area (Å²) in [6.45, 7) is 11.5. The normalized spacial score (nSPS) is 12.3. The van der Waals surface area contributed by atoms with Gasteiger partial charge in [-0.1, -0.05) is 27.7 Å². The molecule has 0 aliphatic carbocycles. The third-order valence-corrected chi connectivity index (χ3v) is 4.44. The van der Waals surface area contributed by atoms with E-state index in [0.717, 1.165) is 19.0 Å². The third-order valence-electron chi connectivity index (χ3n) is 3.71. The van der Waals surface area contributed by atoms with Gasteiger partial charge in [-0.15, -0.1) is 0 Å². The second-order valence-corrected chi connectivity index (χ2v) is 6.32. The van der Waals surface area contributed by atoms with E-state index < -0.39 is 0 Å². The first-order chi connectivity index (χ1) is 8.12. The fraction of sp³-hybridized carbons (Fsp3) is 0.733. The Balaban J connectivity index is 2.55. The number of rotatable bonds is 8. The maximum atomic E-state index is 3.64. The molecule has 1 aromatic heterocycles. The monoisotopic (exact) mass is 253 g/mol. The summed E-state index contributed by atoms with van der Waals surface area (Å²) in [6, 6.07) is 2.27. The van der Waals surface area contributed by atoms with Crippen molar-refractivity contribution in [1.29, 1.82) is 0 Å². The number of thiophene rings is 1. The first kappa shape index (κ1) is 14.7. The maximum absolute atomic E-state index is 3.64. The van der Waals surface area contributed by atoms with Crippen LogP contribution in [0.15, 0.2) is 16.8 Å². The number of hydrogen-bond acceptors (Lipinski definition) is 2.